The topological polar surface area (TPSA) is 65.8 Å². The predicted octanol–water partition coefficient (Wildman–Crippen LogP) is 6.78. The molecule has 0 unspecified atom stereocenters. The molecule has 0 spiro atoms. The molecule has 0 aliphatic carbocycles. The van der Waals surface area contributed by atoms with Gasteiger partial charge in [0.15, 0.2) is 5.76 Å². The lowest BCUT2D eigenvalue weighted by Gasteiger charge is -2.36. The van der Waals surface area contributed by atoms with E-state index in [2.05, 4.69) is 10.2 Å². The number of amides is 2. The fourth-order valence-electron chi connectivity index (χ4n) is 4.39. The van der Waals surface area contributed by atoms with Crippen LogP contribution in [-0.4, -0.2) is 42.9 Å². The molecule has 0 atom stereocenters. The Hall–Kier alpha value is -3.74. The minimum atomic E-state index is -0.361. The van der Waals surface area contributed by atoms with Crippen molar-refractivity contribution < 1.29 is 14.0 Å². The van der Waals surface area contributed by atoms with Crippen LogP contribution in [0.4, 0.5) is 11.4 Å². The Bertz CT molecular complexity index is 1440. The van der Waals surface area contributed by atoms with Crippen molar-refractivity contribution in [3.8, 4) is 11.3 Å². The largest absolute Gasteiger partial charge is 0.451 e. The molecule has 1 aliphatic heterocycles. The molecular weight excluding hydrogens is 509 g/mol. The lowest BCUT2D eigenvalue weighted by molar-refractivity contribution is 0.0746. The first kappa shape index (κ1) is 24.9. The van der Waals surface area contributed by atoms with Gasteiger partial charge in [-0.05, 0) is 73.2 Å². The SMILES string of the molecule is Cc1ccccc1C(=O)N1CCN(c2ccc(NC(=O)c3ccc(-c4cc(Cl)ccc4Cl)o3)cc2)CC1. The zero-order valence-electron chi connectivity index (χ0n) is 20.2. The van der Waals surface area contributed by atoms with Gasteiger partial charge in [0.1, 0.15) is 5.76 Å². The van der Waals surface area contributed by atoms with Crippen LogP contribution in [0.1, 0.15) is 26.5 Å². The fraction of sp³-hybridized carbons (Fsp3) is 0.172. The first-order valence-corrected chi connectivity index (χ1v) is 12.7. The Morgan fingerprint density at radius 3 is 2.32 bits per heavy atom. The lowest BCUT2D eigenvalue weighted by Crippen LogP contribution is -2.48. The summed E-state index contributed by atoms with van der Waals surface area (Å²) in [6.07, 6.45) is 0. The Labute approximate surface area is 225 Å². The molecule has 0 bridgehead atoms. The summed E-state index contributed by atoms with van der Waals surface area (Å²) in [6.45, 7) is 4.75. The first-order chi connectivity index (χ1) is 17.9. The summed E-state index contributed by atoms with van der Waals surface area (Å²) in [6, 6.07) is 23.7. The van der Waals surface area contributed by atoms with Gasteiger partial charge < -0.3 is 19.5 Å². The highest BCUT2D eigenvalue weighted by Crippen LogP contribution is 2.32. The number of rotatable bonds is 5. The zero-order chi connectivity index (χ0) is 25.9. The summed E-state index contributed by atoms with van der Waals surface area (Å²) in [5, 5.41) is 3.88. The van der Waals surface area contributed by atoms with E-state index in [0.717, 1.165) is 29.9 Å². The van der Waals surface area contributed by atoms with E-state index in [0.29, 0.717) is 40.1 Å². The third-order valence-corrected chi connectivity index (χ3v) is 7.02. The predicted molar refractivity (Wildman–Crippen MR) is 148 cm³/mol. The van der Waals surface area contributed by atoms with Crippen molar-refractivity contribution in [2.75, 3.05) is 36.4 Å². The normalized spacial score (nSPS) is 13.5. The summed E-state index contributed by atoms with van der Waals surface area (Å²) in [7, 11) is 0. The van der Waals surface area contributed by atoms with E-state index in [-0.39, 0.29) is 17.6 Å². The molecule has 6 nitrogen and oxygen atoms in total. The maximum Gasteiger partial charge on any atom is 0.291 e. The van der Waals surface area contributed by atoms with Crippen LogP contribution in [0.15, 0.2) is 83.3 Å². The van der Waals surface area contributed by atoms with Crippen LogP contribution in [0.5, 0.6) is 0 Å². The molecular formula is C29H25Cl2N3O3. The highest BCUT2D eigenvalue weighted by atomic mass is 35.5. The second-order valence-electron chi connectivity index (χ2n) is 8.88. The molecule has 188 valence electrons. The highest BCUT2D eigenvalue weighted by molar-refractivity contribution is 6.35. The van der Waals surface area contributed by atoms with E-state index in [1.807, 2.05) is 60.4 Å². The van der Waals surface area contributed by atoms with Crippen molar-refractivity contribution in [2.45, 2.75) is 6.92 Å². The van der Waals surface area contributed by atoms with E-state index in [1.54, 1.807) is 30.3 Å². The quantitative estimate of drug-likeness (QED) is 0.307. The summed E-state index contributed by atoms with van der Waals surface area (Å²) >= 11 is 12.3. The number of nitrogens with zero attached hydrogens (tertiary/aromatic N) is 2. The Balaban J connectivity index is 1.18. The van der Waals surface area contributed by atoms with Gasteiger partial charge in [0.05, 0.1) is 5.02 Å². The van der Waals surface area contributed by atoms with Crippen molar-refractivity contribution in [1.82, 2.24) is 4.90 Å². The van der Waals surface area contributed by atoms with Gasteiger partial charge in [-0.25, -0.2) is 0 Å². The number of hydrogen-bond acceptors (Lipinski definition) is 4. The van der Waals surface area contributed by atoms with Gasteiger partial charge >= 0.3 is 0 Å². The third kappa shape index (κ3) is 5.50. The molecule has 3 aromatic carbocycles. The maximum atomic E-state index is 12.9. The molecule has 1 N–H and O–H groups in total. The van der Waals surface area contributed by atoms with Crippen molar-refractivity contribution >= 4 is 46.4 Å². The van der Waals surface area contributed by atoms with E-state index in [4.69, 9.17) is 27.6 Å². The van der Waals surface area contributed by atoms with Crippen LogP contribution in [0.2, 0.25) is 10.0 Å². The van der Waals surface area contributed by atoms with Gasteiger partial charge in [-0.3, -0.25) is 9.59 Å². The number of anilines is 2. The monoisotopic (exact) mass is 533 g/mol. The standard InChI is InChI=1S/C29H25Cl2N3O3/c1-19-4-2-3-5-23(19)29(36)34-16-14-33(15-17-34)22-9-7-21(8-10-22)32-28(35)27-13-12-26(37-27)24-18-20(30)6-11-25(24)31/h2-13,18H,14-17H2,1H3,(H,32,35). The second-order valence-corrected chi connectivity index (χ2v) is 9.73. The summed E-state index contributed by atoms with van der Waals surface area (Å²) in [5.74, 6) is 0.354. The first-order valence-electron chi connectivity index (χ1n) is 12.0. The van der Waals surface area contributed by atoms with Crippen molar-refractivity contribution in [3.63, 3.8) is 0 Å². The van der Waals surface area contributed by atoms with Crippen LogP contribution >= 0.6 is 23.2 Å². The molecule has 1 saturated heterocycles. The van der Waals surface area contributed by atoms with Crippen LogP contribution in [0.25, 0.3) is 11.3 Å². The van der Waals surface area contributed by atoms with Gasteiger partial charge in [-0.1, -0.05) is 41.4 Å². The van der Waals surface area contributed by atoms with E-state index in [9.17, 15) is 9.59 Å². The molecule has 4 aromatic rings. The van der Waals surface area contributed by atoms with Crippen LogP contribution in [0, 0.1) is 6.92 Å². The average Bonchev–Trinajstić information content (AvgIpc) is 3.41. The summed E-state index contributed by atoms with van der Waals surface area (Å²) in [4.78, 5) is 29.8. The molecule has 37 heavy (non-hydrogen) atoms. The minimum absolute atomic E-state index is 0.0783. The number of piperazine rings is 1. The van der Waals surface area contributed by atoms with Gasteiger partial charge in [0, 0.05) is 53.7 Å². The number of benzene rings is 3. The zero-order valence-corrected chi connectivity index (χ0v) is 21.7. The molecule has 5 rings (SSSR count). The van der Waals surface area contributed by atoms with E-state index in [1.165, 1.54) is 0 Å². The molecule has 1 aliphatic rings. The summed E-state index contributed by atoms with van der Waals surface area (Å²) < 4.78 is 5.73. The molecule has 1 aromatic heterocycles. The summed E-state index contributed by atoms with van der Waals surface area (Å²) in [5.41, 5.74) is 4.07. The number of halogens is 2. The third-order valence-electron chi connectivity index (χ3n) is 6.46. The molecule has 8 heteroatoms. The average molecular weight is 534 g/mol. The van der Waals surface area contributed by atoms with E-state index >= 15 is 0 Å². The number of furan rings is 1. The Morgan fingerprint density at radius 1 is 0.865 bits per heavy atom. The Kier molecular flexibility index (Phi) is 7.22. The molecule has 2 heterocycles. The van der Waals surface area contributed by atoms with Crippen LogP contribution in [-0.2, 0) is 0 Å². The van der Waals surface area contributed by atoms with Gasteiger partial charge in [0.2, 0.25) is 0 Å². The smallest absolute Gasteiger partial charge is 0.291 e. The van der Waals surface area contributed by atoms with Gasteiger partial charge in [-0.15, -0.1) is 0 Å². The number of hydrogen-bond donors (Lipinski definition) is 1. The molecule has 0 radical (unpaired) electrons. The van der Waals surface area contributed by atoms with E-state index < -0.39 is 0 Å². The molecule has 2 amide bonds. The van der Waals surface area contributed by atoms with Crippen LogP contribution < -0.4 is 10.2 Å². The van der Waals surface area contributed by atoms with Crippen LogP contribution in [0.3, 0.4) is 0 Å². The highest BCUT2D eigenvalue weighted by Gasteiger charge is 2.23. The maximum absolute atomic E-state index is 12.9. The lowest BCUT2D eigenvalue weighted by atomic mass is 10.1. The van der Waals surface area contributed by atoms with Crippen molar-refractivity contribution in [1.29, 1.82) is 0 Å². The number of carbonyl (C=O) groups is 2. The number of carbonyl (C=O) groups excluding carboxylic acids is 2. The molecule has 1 fully saturated rings. The van der Waals surface area contributed by atoms with Crippen molar-refractivity contribution in [3.05, 3.63) is 106 Å². The molecule has 0 saturated carbocycles. The van der Waals surface area contributed by atoms with Gasteiger partial charge in [0.25, 0.3) is 11.8 Å². The van der Waals surface area contributed by atoms with Crippen molar-refractivity contribution in [2.24, 2.45) is 0 Å². The fourth-order valence-corrected chi connectivity index (χ4v) is 4.77. The van der Waals surface area contributed by atoms with Gasteiger partial charge in [-0.2, -0.15) is 0 Å². The minimum Gasteiger partial charge on any atom is -0.451 e. The second kappa shape index (κ2) is 10.7. The number of nitrogens with one attached hydrogen (secondary N) is 1. The Morgan fingerprint density at radius 2 is 1.59 bits per heavy atom. The number of aryl methyl sites for hydroxylation is 1.